The molecule has 10 heteroatoms. The summed E-state index contributed by atoms with van der Waals surface area (Å²) in [6.07, 6.45) is 1.38. The minimum atomic E-state index is -1.12. The minimum Gasteiger partial charge on any atom is -0.488 e. The van der Waals surface area contributed by atoms with Crippen LogP contribution in [0.5, 0.6) is 11.6 Å². The average Bonchev–Trinajstić information content (AvgIpc) is 3.60. The van der Waals surface area contributed by atoms with E-state index in [9.17, 15) is 9.90 Å². The fourth-order valence-corrected chi connectivity index (χ4v) is 5.40. The van der Waals surface area contributed by atoms with Crippen molar-refractivity contribution in [3.8, 4) is 28.7 Å². The van der Waals surface area contributed by atoms with Crippen molar-refractivity contribution in [2.75, 3.05) is 33.5 Å². The van der Waals surface area contributed by atoms with Gasteiger partial charge in [0.25, 0.3) is 0 Å². The van der Waals surface area contributed by atoms with Gasteiger partial charge in [0.1, 0.15) is 17.9 Å². The number of benzene rings is 2. The number of fused-ring (bicyclic) bond motifs is 1. The number of ether oxygens (including phenoxy) is 4. The molecule has 1 saturated heterocycles. The van der Waals surface area contributed by atoms with Crippen molar-refractivity contribution in [3.05, 3.63) is 88.6 Å². The highest BCUT2D eigenvalue weighted by Gasteiger charge is 2.24. The summed E-state index contributed by atoms with van der Waals surface area (Å²) in [6, 6.07) is 18.0. The van der Waals surface area contributed by atoms with Gasteiger partial charge >= 0.3 is 5.97 Å². The van der Waals surface area contributed by atoms with Gasteiger partial charge in [-0.1, -0.05) is 36.4 Å². The molecule has 0 bridgehead atoms. The van der Waals surface area contributed by atoms with Crippen LogP contribution < -0.4 is 9.47 Å². The quantitative estimate of drug-likeness (QED) is 0.324. The summed E-state index contributed by atoms with van der Waals surface area (Å²) in [7, 11) is 1.41. The Labute approximate surface area is 238 Å². The van der Waals surface area contributed by atoms with Crippen molar-refractivity contribution < 1.29 is 28.8 Å². The van der Waals surface area contributed by atoms with E-state index in [0.717, 1.165) is 42.1 Å². The summed E-state index contributed by atoms with van der Waals surface area (Å²) in [4.78, 5) is 18.7. The van der Waals surface area contributed by atoms with Crippen molar-refractivity contribution in [3.63, 3.8) is 0 Å². The van der Waals surface area contributed by atoms with Gasteiger partial charge in [-0.15, -0.1) is 0 Å². The molecule has 2 aromatic heterocycles. The lowest BCUT2D eigenvalue weighted by atomic mass is 10.1. The fraction of sp³-hybridized carbons (Fsp3) is 0.323. The SMILES string of the molecule is COc1c(C(=O)O)cnn1-c1cccc(-c2cccc(C)c2OCc2ccc3c(c2)CN(CC2COCCO2)C3)n1. The van der Waals surface area contributed by atoms with Crippen molar-refractivity contribution >= 4 is 5.97 Å². The summed E-state index contributed by atoms with van der Waals surface area (Å²) in [5.41, 5.74) is 6.21. The molecule has 10 nitrogen and oxygen atoms in total. The van der Waals surface area contributed by atoms with E-state index in [1.807, 2.05) is 37.3 Å². The normalized spacial score (nSPS) is 16.9. The predicted molar refractivity (Wildman–Crippen MR) is 150 cm³/mol. The van der Waals surface area contributed by atoms with E-state index in [0.29, 0.717) is 37.9 Å². The first-order chi connectivity index (χ1) is 20.0. The van der Waals surface area contributed by atoms with Crippen LogP contribution in [0.3, 0.4) is 0 Å². The van der Waals surface area contributed by atoms with Crippen LogP contribution in [0.15, 0.2) is 60.8 Å². The number of carboxylic acid groups (broad SMARTS) is 1. The maximum atomic E-state index is 11.6. The smallest absolute Gasteiger partial charge is 0.342 e. The van der Waals surface area contributed by atoms with Crippen LogP contribution in [0.25, 0.3) is 17.1 Å². The topological polar surface area (TPSA) is 108 Å². The first kappa shape index (κ1) is 26.9. The standard InChI is InChI=1S/C31H32N4O6/c1-20-5-3-6-25(27-7-4-8-28(33-27)35-30(38-2)26(14-32-35)31(36)37)29(20)41-18-21-9-10-22-15-34(16-23(22)13-21)17-24-19-39-11-12-40-24/h3-10,13-14,24H,11-12,15-19H2,1-2H3,(H,36,37). The number of aromatic nitrogens is 3. The Morgan fingerprint density at radius 2 is 1.95 bits per heavy atom. The van der Waals surface area contributed by atoms with Crippen LogP contribution in [0.4, 0.5) is 0 Å². The number of aryl methyl sites for hydroxylation is 1. The lowest BCUT2D eigenvalue weighted by molar-refractivity contribution is -0.0980. The second kappa shape index (κ2) is 11.7. The average molecular weight is 557 g/mol. The van der Waals surface area contributed by atoms with Crippen LogP contribution in [0.2, 0.25) is 0 Å². The number of para-hydroxylation sites is 1. The molecule has 2 aromatic carbocycles. The number of hydrogen-bond donors (Lipinski definition) is 1. The second-order valence-corrected chi connectivity index (χ2v) is 10.2. The molecule has 0 aliphatic carbocycles. The Bertz CT molecular complexity index is 1560. The summed E-state index contributed by atoms with van der Waals surface area (Å²) in [5, 5.41) is 13.7. The summed E-state index contributed by atoms with van der Waals surface area (Å²) < 4.78 is 24.5. The molecule has 1 N–H and O–H groups in total. The fourth-order valence-electron chi connectivity index (χ4n) is 5.40. The summed E-state index contributed by atoms with van der Waals surface area (Å²) in [6.45, 7) is 7.08. The van der Waals surface area contributed by atoms with Gasteiger partial charge in [-0.3, -0.25) is 4.90 Å². The molecule has 2 aliphatic heterocycles. The Balaban J connectivity index is 1.20. The zero-order chi connectivity index (χ0) is 28.3. The molecule has 0 radical (unpaired) electrons. The van der Waals surface area contributed by atoms with Gasteiger partial charge in [-0.25, -0.2) is 9.78 Å². The van der Waals surface area contributed by atoms with Gasteiger partial charge in [0, 0.05) is 25.2 Å². The third-order valence-electron chi connectivity index (χ3n) is 7.38. The maximum Gasteiger partial charge on any atom is 0.342 e. The van der Waals surface area contributed by atoms with E-state index in [-0.39, 0.29) is 17.5 Å². The molecule has 6 rings (SSSR count). The minimum absolute atomic E-state index is 0.0342. The molecule has 0 spiro atoms. The highest BCUT2D eigenvalue weighted by molar-refractivity contribution is 5.90. The lowest BCUT2D eigenvalue weighted by Gasteiger charge is -2.27. The molecule has 212 valence electrons. The molecule has 0 saturated carbocycles. The molecule has 1 atom stereocenters. The Morgan fingerprint density at radius 3 is 2.76 bits per heavy atom. The number of rotatable bonds is 9. The predicted octanol–water partition coefficient (Wildman–Crippen LogP) is 4.26. The molecule has 1 fully saturated rings. The van der Waals surface area contributed by atoms with Crippen molar-refractivity contribution in [2.24, 2.45) is 0 Å². The molecule has 4 aromatic rings. The van der Waals surface area contributed by atoms with E-state index < -0.39 is 5.97 Å². The molecular formula is C31H32N4O6. The summed E-state index contributed by atoms with van der Waals surface area (Å²) in [5.74, 6) is 0.170. The number of aromatic carboxylic acids is 1. The largest absolute Gasteiger partial charge is 0.488 e. The van der Waals surface area contributed by atoms with Crippen LogP contribution in [0, 0.1) is 6.92 Å². The Kier molecular flexibility index (Phi) is 7.69. The third kappa shape index (κ3) is 5.67. The van der Waals surface area contributed by atoms with E-state index in [4.69, 9.17) is 23.9 Å². The van der Waals surface area contributed by atoms with Crippen LogP contribution in [-0.4, -0.2) is 70.3 Å². The van der Waals surface area contributed by atoms with E-state index in [2.05, 4.69) is 28.2 Å². The number of carbonyl (C=O) groups is 1. The van der Waals surface area contributed by atoms with Gasteiger partial charge in [0.05, 0.1) is 44.9 Å². The highest BCUT2D eigenvalue weighted by Crippen LogP contribution is 2.34. The van der Waals surface area contributed by atoms with Crippen molar-refractivity contribution in [1.82, 2.24) is 19.7 Å². The molecule has 1 unspecified atom stereocenters. The molecule has 2 aliphatic rings. The van der Waals surface area contributed by atoms with Gasteiger partial charge in [0.15, 0.2) is 5.82 Å². The van der Waals surface area contributed by atoms with Gasteiger partial charge in [0.2, 0.25) is 5.88 Å². The van der Waals surface area contributed by atoms with Crippen LogP contribution >= 0.6 is 0 Å². The molecule has 41 heavy (non-hydrogen) atoms. The Hall–Kier alpha value is -4.25. The maximum absolute atomic E-state index is 11.6. The third-order valence-corrected chi connectivity index (χ3v) is 7.38. The van der Waals surface area contributed by atoms with Gasteiger partial charge < -0.3 is 24.1 Å². The van der Waals surface area contributed by atoms with E-state index >= 15 is 0 Å². The molecular weight excluding hydrogens is 524 g/mol. The molecule has 4 heterocycles. The number of hydrogen-bond acceptors (Lipinski definition) is 8. The van der Waals surface area contributed by atoms with Gasteiger partial charge in [-0.2, -0.15) is 9.78 Å². The lowest BCUT2D eigenvalue weighted by Crippen LogP contribution is -2.37. The number of carboxylic acids is 1. The van der Waals surface area contributed by atoms with E-state index in [1.165, 1.54) is 29.1 Å². The first-order valence-corrected chi connectivity index (χ1v) is 13.6. The van der Waals surface area contributed by atoms with E-state index in [1.54, 1.807) is 6.07 Å². The van der Waals surface area contributed by atoms with Crippen molar-refractivity contribution in [2.45, 2.75) is 32.7 Å². The van der Waals surface area contributed by atoms with Gasteiger partial charge in [-0.05, 0) is 47.4 Å². The first-order valence-electron chi connectivity index (χ1n) is 13.6. The zero-order valence-electron chi connectivity index (χ0n) is 23.1. The summed E-state index contributed by atoms with van der Waals surface area (Å²) >= 11 is 0. The zero-order valence-corrected chi connectivity index (χ0v) is 23.1. The second-order valence-electron chi connectivity index (χ2n) is 10.2. The van der Waals surface area contributed by atoms with Crippen molar-refractivity contribution in [1.29, 1.82) is 0 Å². The molecule has 0 amide bonds. The number of nitrogens with zero attached hydrogens (tertiary/aromatic N) is 4. The van der Waals surface area contributed by atoms with Crippen LogP contribution in [-0.2, 0) is 29.2 Å². The number of methoxy groups -OCH3 is 1. The Morgan fingerprint density at radius 1 is 1.10 bits per heavy atom. The monoisotopic (exact) mass is 556 g/mol. The highest BCUT2D eigenvalue weighted by atomic mass is 16.6. The van der Waals surface area contributed by atoms with Crippen LogP contribution in [0.1, 0.15) is 32.6 Å². The number of pyridine rings is 1.